The van der Waals surface area contributed by atoms with Crippen molar-refractivity contribution >= 4 is 17.3 Å². The second-order valence-corrected chi connectivity index (χ2v) is 5.91. The topological polar surface area (TPSA) is 40.5 Å². The lowest BCUT2D eigenvalue weighted by atomic mass is 10.4. The van der Waals surface area contributed by atoms with Gasteiger partial charge in [0, 0.05) is 25.5 Å². The fraction of sp³-hybridized carbons (Fsp3) is 0.692. The second kappa shape index (κ2) is 6.18. The van der Waals surface area contributed by atoms with E-state index in [1.54, 1.807) is 11.3 Å². The number of thiazole rings is 1. The van der Waals surface area contributed by atoms with Gasteiger partial charge in [0.2, 0.25) is 0 Å². The minimum Gasteiger partial charge on any atom is -0.357 e. The molecule has 18 heavy (non-hydrogen) atoms. The van der Waals surface area contributed by atoms with Crippen LogP contribution in [0.1, 0.15) is 30.5 Å². The smallest absolute Gasteiger partial charge is 0.194 e. The monoisotopic (exact) mass is 266 g/mol. The van der Waals surface area contributed by atoms with Crippen molar-refractivity contribution in [3.8, 4) is 0 Å². The van der Waals surface area contributed by atoms with Crippen LogP contribution < -0.4 is 5.32 Å². The average Bonchev–Trinajstić information content (AvgIpc) is 3.08. The molecular formula is C13H22N4S. The van der Waals surface area contributed by atoms with Gasteiger partial charge < -0.3 is 10.2 Å². The number of hydrogen-bond donors (Lipinski definition) is 1. The number of aryl methyl sites for hydroxylation is 1. The predicted octanol–water partition coefficient (Wildman–Crippen LogP) is 2.26. The van der Waals surface area contributed by atoms with Gasteiger partial charge >= 0.3 is 0 Å². The van der Waals surface area contributed by atoms with Gasteiger partial charge in [-0.25, -0.2) is 4.98 Å². The zero-order valence-corrected chi connectivity index (χ0v) is 12.3. The van der Waals surface area contributed by atoms with E-state index in [2.05, 4.69) is 39.5 Å². The van der Waals surface area contributed by atoms with E-state index >= 15 is 0 Å². The molecule has 1 aromatic heterocycles. The number of hydrogen-bond acceptors (Lipinski definition) is 3. The highest BCUT2D eigenvalue weighted by molar-refractivity contribution is 7.09. The molecule has 0 spiro atoms. The van der Waals surface area contributed by atoms with Gasteiger partial charge in [-0.05, 0) is 32.6 Å². The Morgan fingerprint density at radius 2 is 2.39 bits per heavy atom. The first-order valence-corrected chi connectivity index (χ1v) is 7.47. The first-order chi connectivity index (χ1) is 8.69. The summed E-state index contributed by atoms with van der Waals surface area (Å²) in [5, 5.41) is 6.59. The zero-order chi connectivity index (χ0) is 13.0. The van der Waals surface area contributed by atoms with Gasteiger partial charge in [-0.2, -0.15) is 0 Å². The summed E-state index contributed by atoms with van der Waals surface area (Å²) >= 11 is 1.70. The molecule has 1 N–H and O–H groups in total. The van der Waals surface area contributed by atoms with Crippen LogP contribution in [0.2, 0.25) is 0 Å². The maximum absolute atomic E-state index is 4.69. The Hall–Kier alpha value is -1.10. The molecule has 2 rings (SSSR count). The lowest BCUT2D eigenvalue weighted by Gasteiger charge is -2.21. The van der Waals surface area contributed by atoms with Crippen molar-refractivity contribution in [2.24, 2.45) is 10.9 Å². The molecule has 100 valence electrons. The summed E-state index contributed by atoms with van der Waals surface area (Å²) in [5.41, 5.74) is 1.12. The van der Waals surface area contributed by atoms with Crippen LogP contribution in [0, 0.1) is 12.8 Å². The van der Waals surface area contributed by atoms with Crippen LogP contribution in [0.3, 0.4) is 0 Å². The standard InChI is InChI=1S/C13H22N4S/c1-4-14-13(15-7-11-5-6-11)17(3)8-12-9-18-10(2)16-12/h9,11H,4-8H2,1-3H3,(H,14,15). The Bertz CT molecular complexity index is 409. The highest BCUT2D eigenvalue weighted by atomic mass is 32.1. The summed E-state index contributed by atoms with van der Waals surface area (Å²) in [4.78, 5) is 11.3. The van der Waals surface area contributed by atoms with Crippen LogP contribution in [-0.2, 0) is 6.54 Å². The minimum absolute atomic E-state index is 0.820. The lowest BCUT2D eigenvalue weighted by molar-refractivity contribution is 0.470. The molecule has 0 aromatic carbocycles. The Morgan fingerprint density at radius 1 is 1.61 bits per heavy atom. The largest absolute Gasteiger partial charge is 0.357 e. The summed E-state index contributed by atoms with van der Waals surface area (Å²) in [5.74, 6) is 1.82. The maximum Gasteiger partial charge on any atom is 0.194 e. The van der Waals surface area contributed by atoms with Gasteiger partial charge in [-0.3, -0.25) is 4.99 Å². The SMILES string of the molecule is CCNC(=NCC1CC1)N(C)Cc1csc(C)n1. The number of nitrogens with one attached hydrogen (secondary N) is 1. The minimum atomic E-state index is 0.820. The first-order valence-electron chi connectivity index (χ1n) is 6.59. The molecule has 1 aliphatic carbocycles. The van der Waals surface area contributed by atoms with Gasteiger partial charge in [0.25, 0.3) is 0 Å². The number of nitrogens with zero attached hydrogens (tertiary/aromatic N) is 3. The molecule has 1 aliphatic rings. The van der Waals surface area contributed by atoms with Crippen LogP contribution in [0.4, 0.5) is 0 Å². The van der Waals surface area contributed by atoms with Crippen LogP contribution in [0.15, 0.2) is 10.4 Å². The molecule has 0 unspecified atom stereocenters. The van der Waals surface area contributed by atoms with Crippen molar-refractivity contribution in [2.75, 3.05) is 20.1 Å². The summed E-state index contributed by atoms with van der Waals surface area (Å²) in [6.07, 6.45) is 2.69. The normalized spacial score (nSPS) is 15.8. The van der Waals surface area contributed by atoms with E-state index in [4.69, 9.17) is 0 Å². The molecule has 0 aliphatic heterocycles. The van der Waals surface area contributed by atoms with Crippen molar-refractivity contribution in [3.63, 3.8) is 0 Å². The predicted molar refractivity (Wildman–Crippen MR) is 77.0 cm³/mol. The molecule has 1 saturated carbocycles. The van der Waals surface area contributed by atoms with E-state index in [0.29, 0.717) is 0 Å². The third kappa shape index (κ3) is 3.98. The molecule has 1 aromatic rings. The van der Waals surface area contributed by atoms with Crippen LogP contribution in [0.5, 0.6) is 0 Å². The lowest BCUT2D eigenvalue weighted by Crippen LogP contribution is -2.38. The molecule has 0 atom stereocenters. The summed E-state index contributed by atoms with van der Waals surface area (Å²) < 4.78 is 0. The fourth-order valence-corrected chi connectivity index (χ4v) is 2.39. The van der Waals surface area contributed by atoms with Gasteiger partial charge in [0.1, 0.15) is 0 Å². The number of aliphatic imine (C=N–C) groups is 1. The van der Waals surface area contributed by atoms with Crippen LogP contribution in [0.25, 0.3) is 0 Å². The van der Waals surface area contributed by atoms with Crippen molar-refractivity contribution in [3.05, 3.63) is 16.1 Å². The van der Waals surface area contributed by atoms with E-state index in [-0.39, 0.29) is 0 Å². The number of guanidine groups is 1. The Balaban J connectivity index is 1.93. The Morgan fingerprint density at radius 3 is 2.94 bits per heavy atom. The third-order valence-corrected chi connectivity index (χ3v) is 3.78. The van der Waals surface area contributed by atoms with Crippen molar-refractivity contribution < 1.29 is 0 Å². The van der Waals surface area contributed by atoms with Gasteiger partial charge in [-0.1, -0.05) is 0 Å². The average molecular weight is 266 g/mol. The Kier molecular flexibility index (Phi) is 4.58. The van der Waals surface area contributed by atoms with E-state index in [1.807, 2.05) is 6.92 Å². The zero-order valence-electron chi connectivity index (χ0n) is 11.4. The molecule has 1 fully saturated rings. The fourth-order valence-electron chi connectivity index (χ4n) is 1.78. The summed E-state index contributed by atoms with van der Waals surface area (Å²) in [6.45, 7) is 6.83. The highest BCUT2D eigenvalue weighted by Crippen LogP contribution is 2.28. The highest BCUT2D eigenvalue weighted by Gasteiger charge is 2.21. The second-order valence-electron chi connectivity index (χ2n) is 4.85. The molecule has 0 bridgehead atoms. The van der Waals surface area contributed by atoms with Gasteiger partial charge in [0.15, 0.2) is 5.96 Å². The van der Waals surface area contributed by atoms with E-state index < -0.39 is 0 Å². The number of aromatic nitrogens is 1. The van der Waals surface area contributed by atoms with Crippen molar-refractivity contribution in [2.45, 2.75) is 33.2 Å². The Labute approximate surface area is 113 Å². The molecule has 4 nitrogen and oxygen atoms in total. The molecule has 1 heterocycles. The van der Waals surface area contributed by atoms with E-state index in [9.17, 15) is 0 Å². The maximum atomic E-state index is 4.69. The van der Waals surface area contributed by atoms with Gasteiger partial charge in [0.05, 0.1) is 17.2 Å². The van der Waals surface area contributed by atoms with Crippen molar-refractivity contribution in [1.29, 1.82) is 0 Å². The van der Waals surface area contributed by atoms with Crippen LogP contribution >= 0.6 is 11.3 Å². The van der Waals surface area contributed by atoms with Crippen molar-refractivity contribution in [1.82, 2.24) is 15.2 Å². The molecule has 0 saturated heterocycles. The van der Waals surface area contributed by atoms with E-state index in [0.717, 1.165) is 42.2 Å². The molecule has 0 radical (unpaired) electrons. The summed E-state index contributed by atoms with van der Waals surface area (Å²) in [7, 11) is 2.07. The third-order valence-electron chi connectivity index (χ3n) is 2.96. The van der Waals surface area contributed by atoms with Crippen LogP contribution in [-0.4, -0.2) is 36.0 Å². The molecular weight excluding hydrogens is 244 g/mol. The van der Waals surface area contributed by atoms with Gasteiger partial charge in [-0.15, -0.1) is 11.3 Å². The first kappa shape index (κ1) is 13.3. The number of rotatable bonds is 5. The molecule has 5 heteroatoms. The quantitative estimate of drug-likeness (QED) is 0.656. The molecule has 0 amide bonds. The summed E-state index contributed by atoms with van der Waals surface area (Å²) in [6, 6.07) is 0. The van der Waals surface area contributed by atoms with E-state index in [1.165, 1.54) is 12.8 Å².